The smallest absolute Gasteiger partial charge is 0.254 e. The van der Waals surface area contributed by atoms with Crippen molar-refractivity contribution in [3.63, 3.8) is 0 Å². The number of aromatic nitrogens is 1. The summed E-state index contributed by atoms with van der Waals surface area (Å²) >= 11 is 1.80. The highest BCUT2D eigenvalue weighted by atomic mass is 32.2. The zero-order valence-electron chi connectivity index (χ0n) is 10.4. The maximum absolute atomic E-state index is 13.4. The molecule has 1 fully saturated rings. The Morgan fingerprint density at radius 2 is 2.28 bits per heavy atom. The van der Waals surface area contributed by atoms with E-state index < -0.39 is 5.82 Å². The number of nitrogens with one attached hydrogen (secondary N) is 1. The molecule has 3 nitrogen and oxygen atoms in total. The minimum Gasteiger partial charge on any atom is -0.351 e. The van der Waals surface area contributed by atoms with Crippen LogP contribution in [0.1, 0.15) is 36.0 Å². The molecule has 0 aromatic carbocycles. The largest absolute Gasteiger partial charge is 0.351 e. The van der Waals surface area contributed by atoms with Gasteiger partial charge in [-0.05, 0) is 25.2 Å². The Morgan fingerprint density at radius 1 is 1.56 bits per heavy atom. The van der Waals surface area contributed by atoms with Crippen molar-refractivity contribution in [2.75, 3.05) is 12.8 Å². The number of carbonyl (C=O) groups excluding carboxylic acids is 1. The molecule has 0 saturated heterocycles. The van der Waals surface area contributed by atoms with Crippen LogP contribution in [-0.4, -0.2) is 28.4 Å². The second kappa shape index (κ2) is 5.69. The van der Waals surface area contributed by atoms with Gasteiger partial charge in [0.2, 0.25) is 0 Å². The van der Waals surface area contributed by atoms with E-state index >= 15 is 0 Å². The van der Waals surface area contributed by atoms with Crippen molar-refractivity contribution >= 4 is 17.7 Å². The molecule has 98 valence electrons. The van der Waals surface area contributed by atoms with Crippen LogP contribution in [0.3, 0.4) is 0 Å². The zero-order valence-corrected chi connectivity index (χ0v) is 11.2. The summed E-state index contributed by atoms with van der Waals surface area (Å²) in [5, 5.41) is 2.85. The van der Waals surface area contributed by atoms with E-state index in [1.165, 1.54) is 25.1 Å². The van der Waals surface area contributed by atoms with Gasteiger partial charge in [-0.2, -0.15) is 11.8 Å². The first-order valence-electron chi connectivity index (χ1n) is 6.10. The molecule has 0 spiro atoms. The normalized spacial score (nSPS) is 17.7. The topological polar surface area (TPSA) is 42.0 Å². The van der Waals surface area contributed by atoms with Crippen molar-refractivity contribution in [3.8, 4) is 0 Å². The van der Waals surface area contributed by atoms with E-state index in [0.29, 0.717) is 6.54 Å². The fourth-order valence-electron chi connectivity index (χ4n) is 2.37. The molecule has 1 aromatic rings. The van der Waals surface area contributed by atoms with Gasteiger partial charge in [-0.1, -0.05) is 12.8 Å². The molecule has 1 aliphatic rings. The van der Waals surface area contributed by atoms with Crippen LogP contribution < -0.4 is 5.32 Å². The quantitative estimate of drug-likeness (QED) is 0.912. The van der Waals surface area contributed by atoms with Crippen molar-refractivity contribution in [1.29, 1.82) is 0 Å². The van der Waals surface area contributed by atoms with Gasteiger partial charge in [0.1, 0.15) is 0 Å². The van der Waals surface area contributed by atoms with Crippen LogP contribution in [0.5, 0.6) is 0 Å². The summed E-state index contributed by atoms with van der Waals surface area (Å²) in [7, 11) is 0. The number of pyridine rings is 1. The molecule has 1 N–H and O–H groups in total. The molecule has 0 aliphatic heterocycles. The van der Waals surface area contributed by atoms with Crippen molar-refractivity contribution in [2.45, 2.75) is 30.4 Å². The van der Waals surface area contributed by atoms with E-state index in [4.69, 9.17) is 0 Å². The fraction of sp³-hybridized carbons (Fsp3) is 0.538. The van der Waals surface area contributed by atoms with Gasteiger partial charge in [0.25, 0.3) is 5.91 Å². The zero-order chi connectivity index (χ0) is 13.0. The third kappa shape index (κ3) is 2.83. The highest BCUT2D eigenvalue weighted by Crippen LogP contribution is 2.39. The molecule has 1 aliphatic carbocycles. The lowest BCUT2D eigenvalue weighted by molar-refractivity contribution is 0.0945. The lowest BCUT2D eigenvalue weighted by Crippen LogP contribution is -2.38. The lowest BCUT2D eigenvalue weighted by atomic mass is 10.1. The van der Waals surface area contributed by atoms with Crippen LogP contribution in [0.15, 0.2) is 18.5 Å². The van der Waals surface area contributed by atoms with Gasteiger partial charge in [0, 0.05) is 17.5 Å². The molecule has 0 unspecified atom stereocenters. The van der Waals surface area contributed by atoms with Crippen molar-refractivity contribution in [2.24, 2.45) is 0 Å². The third-order valence-corrected chi connectivity index (χ3v) is 4.95. The minimum absolute atomic E-state index is 0.0687. The summed E-state index contributed by atoms with van der Waals surface area (Å²) < 4.78 is 13.5. The molecule has 1 amide bonds. The molecule has 0 atom stereocenters. The molecule has 1 aromatic heterocycles. The predicted molar refractivity (Wildman–Crippen MR) is 71.2 cm³/mol. The van der Waals surface area contributed by atoms with Crippen molar-refractivity contribution < 1.29 is 9.18 Å². The predicted octanol–water partition coefficient (Wildman–Crippen LogP) is 2.63. The minimum atomic E-state index is -0.570. The first kappa shape index (κ1) is 13.3. The number of nitrogens with zero attached hydrogens (tertiary/aromatic N) is 1. The van der Waals surface area contributed by atoms with E-state index in [1.54, 1.807) is 11.8 Å². The third-order valence-electron chi connectivity index (χ3n) is 3.54. The molecule has 0 radical (unpaired) electrons. The second-order valence-corrected chi connectivity index (χ2v) is 5.91. The van der Waals surface area contributed by atoms with Crippen molar-refractivity contribution in [3.05, 3.63) is 29.8 Å². The lowest BCUT2D eigenvalue weighted by Gasteiger charge is -2.26. The number of halogens is 1. The van der Waals surface area contributed by atoms with Crippen LogP contribution in [0.2, 0.25) is 0 Å². The van der Waals surface area contributed by atoms with Gasteiger partial charge in [0.05, 0.1) is 11.8 Å². The Balaban J connectivity index is 1.98. The Labute approximate surface area is 111 Å². The van der Waals surface area contributed by atoms with Gasteiger partial charge < -0.3 is 5.32 Å². The second-order valence-electron chi connectivity index (χ2n) is 4.63. The summed E-state index contributed by atoms with van der Waals surface area (Å²) in [5.41, 5.74) is 0.0687. The standard InChI is InChI=1S/C13H17FN2OS/c1-18-13(5-2-3-6-13)9-16-12(17)10-4-7-15-8-11(10)14/h4,7-8H,2-3,5-6,9H2,1H3,(H,16,17). The van der Waals surface area contributed by atoms with Crippen LogP contribution in [0.25, 0.3) is 0 Å². The van der Waals surface area contributed by atoms with Crippen LogP contribution in [-0.2, 0) is 0 Å². The molecule has 0 bridgehead atoms. The van der Waals surface area contributed by atoms with Crippen molar-refractivity contribution in [1.82, 2.24) is 10.3 Å². The highest BCUT2D eigenvalue weighted by Gasteiger charge is 2.33. The van der Waals surface area contributed by atoms with Gasteiger partial charge in [-0.15, -0.1) is 0 Å². The average molecular weight is 268 g/mol. The van der Waals surface area contributed by atoms with E-state index in [0.717, 1.165) is 19.0 Å². The monoisotopic (exact) mass is 268 g/mol. The van der Waals surface area contributed by atoms with E-state index in [1.807, 2.05) is 0 Å². The number of hydrogen-bond donors (Lipinski definition) is 1. The Bertz CT molecular complexity index is 433. The number of rotatable bonds is 4. The summed E-state index contributed by atoms with van der Waals surface area (Å²) in [6.07, 6.45) is 9.22. The molecular weight excluding hydrogens is 251 g/mol. The number of hydrogen-bond acceptors (Lipinski definition) is 3. The molecule has 5 heteroatoms. The highest BCUT2D eigenvalue weighted by molar-refractivity contribution is 8.00. The van der Waals surface area contributed by atoms with Gasteiger partial charge in [0.15, 0.2) is 5.82 Å². The number of carbonyl (C=O) groups is 1. The Morgan fingerprint density at radius 3 is 2.89 bits per heavy atom. The SMILES string of the molecule is CSC1(CNC(=O)c2ccncc2F)CCCC1. The van der Waals surface area contributed by atoms with Crippen LogP contribution >= 0.6 is 11.8 Å². The Hall–Kier alpha value is -1.10. The van der Waals surface area contributed by atoms with Crippen LogP contribution in [0.4, 0.5) is 4.39 Å². The summed E-state index contributed by atoms with van der Waals surface area (Å²) in [5.74, 6) is -0.921. The number of amides is 1. The van der Waals surface area contributed by atoms with E-state index in [-0.39, 0.29) is 16.2 Å². The first-order valence-corrected chi connectivity index (χ1v) is 7.32. The molecule has 2 rings (SSSR count). The summed E-state index contributed by atoms with van der Waals surface area (Å²) in [6.45, 7) is 0.606. The molecule has 1 saturated carbocycles. The Kier molecular flexibility index (Phi) is 4.22. The summed E-state index contributed by atoms with van der Waals surface area (Å²) in [6, 6.07) is 1.41. The molecule has 18 heavy (non-hydrogen) atoms. The first-order chi connectivity index (χ1) is 8.67. The van der Waals surface area contributed by atoms with Gasteiger partial charge >= 0.3 is 0 Å². The van der Waals surface area contributed by atoms with Crippen LogP contribution in [0, 0.1) is 5.82 Å². The number of thioether (sulfide) groups is 1. The molecular formula is C13H17FN2OS. The van der Waals surface area contributed by atoms with Gasteiger partial charge in [-0.25, -0.2) is 4.39 Å². The average Bonchev–Trinajstić information content (AvgIpc) is 2.86. The van der Waals surface area contributed by atoms with E-state index in [2.05, 4.69) is 16.6 Å². The van der Waals surface area contributed by atoms with E-state index in [9.17, 15) is 9.18 Å². The maximum Gasteiger partial charge on any atom is 0.254 e. The summed E-state index contributed by atoms with van der Waals surface area (Å²) in [4.78, 5) is 15.5. The molecule has 1 heterocycles. The van der Waals surface area contributed by atoms with Gasteiger partial charge in [-0.3, -0.25) is 9.78 Å². The maximum atomic E-state index is 13.4. The fourth-order valence-corrected chi connectivity index (χ4v) is 3.28.